The minimum absolute atomic E-state index is 0.0662. The lowest BCUT2D eigenvalue weighted by molar-refractivity contribution is 0.0773. The standard InChI is InChI=1S/C8H11NO3/c9-2-4-12-6-8(10)7-1-3-11-5-7/h1,3,5H,2,4,6,9H2. The molecule has 0 saturated carbocycles. The molecule has 1 rings (SSSR count). The number of ketones is 1. The average Bonchev–Trinajstić information content (AvgIpc) is 2.56. The third-order valence-electron chi connectivity index (χ3n) is 1.34. The largest absolute Gasteiger partial charge is 0.472 e. The molecule has 4 nitrogen and oxygen atoms in total. The Balaban J connectivity index is 2.30. The second kappa shape index (κ2) is 4.69. The van der Waals surface area contributed by atoms with E-state index in [4.69, 9.17) is 14.9 Å². The van der Waals surface area contributed by atoms with Gasteiger partial charge < -0.3 is 14.9 Å². The van der Waals surface area contributed by atoms with Crippen LogP contribution in [0.3, 0.4) is 0 Å². The van der Waals surface area contributed by atoms with E-state index in [1.807, 2.05) is 0 Å². The van der Waals surface area contributed by atoms with Crippen LogP contribution in [0.1, 0.15) is 10.4 Å². The third kappa shape index (κ3) is 2.48. The molecule has 0 unspecified atom stereocenters. The van der Waals surface area contributed by atoms with Crippen molar-refractivity contribution >= 4 is 5.78 Å². The van der Waals surface area contributed by atoms with Gasteiger partial charge in [-0.25, -0.2) is 0 Å². The lowest BCUT2D eigenvalue weighted by Crippen LogP contribution is -2.14. The van der Waals surface area contributed by atoms with Gasteiger partial charge in [-0.1, -0.05) is 0 Å². The maximum atomic E-state index is 11.2. The Morgan fingerprint density at radius 3 is 3.08 bits per heavy atom. The smallest absolute Gasteiger partial charge is 0.191 e. The summed E-state index contributed by atoms with van der Waals surface area (Å²) in [6.45, 7) is 0.902. The molecule has 0 bridgehead atoms. The van der Waals surface area contributed by atoms with E-state index < -0.39 is 0 Å². The van der Waals surface area contributed by atoms with Gasteiger partial charge in [-0.15, -0.1) is 0 Å². The average molecular weight is 169 g/mol. The van der Waals surface area contributed by atoms with Crippen molar-refractivity contribution in [2.75, 3.05) is 19.8 Å². The fourth-order valence-corrected chi connectivity index (χ4v) is 0.755. The van der Waals surface area contributed by atoms with Crippen LogP contribution in [0.4, 0.5) is 0 Å². The summed E-state index contributed by atoms with van der Waals surface area (Å²) in [5.74, 6) is -0.0859. The van der Waals surface area contributed by atoms with Gasteiger partial charge in [0, 0.05) is 6.54 Å². The number of Topliss-reactive ketones (excluding diaryl/α,β-unsaturated/α-hetero) is 1. The highest BCUT2D eigenvalue weighted by molar-refractivity contribution is 5.96. The third-order valence-corrected chi connectivity index (χ3v) is 1.34. The molecule has 1 heterocycles. The molecule has 12 heavy (non-hydrogen) atoms. The van der Waals surface area contributed by atoms with E-state index in [1.54, 1.807) is 6.07 Å². The first kappa shape index (κ1) is 8.96. The Kier molecular flexibility index (Phi) is 3.50. The highest BCUT2D eigenvalue weighted by atomic mass is 16.5. The zero-order valence-corrected chi connectivity index (χ0v) is 6.66. The van der Waals surface area contributed by atoms with Crippen LogP contribution in [0, 0.1) is 0 Å². The van der Waals surface area contributed by atoms with Crippen LogP contribution >= 0.6 is 0 Å². The fraction of sp³-hybridized carbons (Fsp3) is 0.375. The van der Waals surface area contributed by atoms with Crippen LogP contribution in [-0.2, 0) is 4.74 Å². The minimum Gasteiger partial charge on any atom is -0.472 e. The van der Waals surface area contributed by atoms with Crippen molar-refractivity contribution in [2.24, 2.45) is 5.73 Å². The summed E-state index contributed by atoms with van der Waals surface area (Å²) in [7, 11) is 0. The number of nitrogens with two attached hydrogens (primary N) is 1. The Bertz CT molecular complexity index is 230. The van der Waals surface area contributed by atoms with Crippen LogP contribution in [0.25, 0.3) is 0 Å². The molecule has 1 aromatic heterocycles. The summed E-state index contributed by atoms with van der Waals surface area (Å²) in [5.41, 5.74) is 5.71. The van der Waals surface area contributed by atoms with E-state index >= 15 is 0 Å². The zero-order valence-electron chi connectivity index (χ0n) is 6.66. The van der Waals surface area contributed by atoms with Gasteiger partial charge in [-0.3, -0.25) is 4.79 Å². The number of carbonyl (C=O) groups is 1. The van der Waals surface area contributed by atoms with Crippen molar-refractivity contribution in [1.82, 2.24) is 0 Å². The lowest BCUT2D eigenvalue weighted by Gasteiger charge is -1.98. The van der Waals surface area contributed by atoms with Gasteiger partial charge in [0.15, 0.2) is 5.78 Å². The fourth-order valence-electron chi connectivity index (χ4n) is 0.755. The Morgan fingerprint density at radius 1 is 1.67 bits per heavy atom. The number of hydrogen-bond acceptors (Lipinski definition) is 4. The van der Waals surface area contributed by atoms with E-state index in [0.717, 1.165) is 0 Å². The molecule has 0 aliphatic carbocycles. The lowest BCUT2D eigenvalue weighted by atomic mass is 10.2. The molecular weight excluding hydrogens is 158 g/mol. The topological polar surface area (TPSA) is 65.5 Å². The summed E-state index contributed by atoms with van der Waals surface area (Å²) in [6.07, 6.45) is 2.85. The van der Waals surface area contributed by atoms with Gasteiger partial charge in [0.05, 0.1) is 18.4 Å². The van der Waals surface area contributed by atoms with Crippen LogP contribution < -0.4 is 5.73 Å². The normalized spacial score (nSPS) is 10.1. The van der Waals surface area contributed by atoms with E-state index in [-0.39, 0.29) is 12.4 Å². The molecule has 0 radical (unpaired) electrons. The molecule has 0 spiro atoms. The first-order valence-electron chi connectivity index (χ1n) is 3.68. The van der Waals surface area contributed by atoms with E-state index in [0.29, 0.717) is 18.7 Å². The Morgan fingerprint density at radius 2 is 2.50 bits per heavy atom. The predicted octanol–water partition coefficient (Wildman–Crippen LogP) is 0.438. The van der Waals surface area contributed by atoms with Gasteiger partial charge in [0.1, 0.15) is 12.9 Å². The van der Waals surface area contributed by atoms with Crippen molar-refractivity contribution in [3.05, 3.63) is 24.2 Å². The van der Waals surface area contributed by atoms with Crippen LogP contribution in [0.5, 0.6) is 0 Å². The predicted molar refractivity (Wildman–Crippen MR) is 42.9 cm³/mol. The van der Waals surface area contributed by atoms with Gasteiger partial charge in [0.2, 0.25) is 0 Å². The molecule has 0 aliphatic rings. The molecule has 0 atom stereocenters. The molecule has 2 N–H and O–H groups in total. The number of furan rings is 1. The van der Waals surface area contributed by atoms with Crippen LogP contribution in [0.15, 0.2) is 23.0 Å². The molecule has 66 valence electrons. The summed E-state index contributed by atoms with van der Waals surface area (Å²) in [6, 6.07) is 1.61. The van der Waals surface area contributed by atoms with Crippen LogP contribution in [0.2, 0.25) is 0 Å². The van der Waals surface area contributed by atoms with Gasteiger partial charge in [-0.2, -0.15) is 0 Å². The number of hydrogen-bond donors (Lipinski definition) is 1. The molecule has 0 saturated heterocycles. The second-order valence-corrected chi connectivity index (χ2v) is 2.28. The van der Waals surface area contributed by atoms with Gasteiger partial charge >= 0.3 is 0 Å². The van der Waals surface area contributed by atoms with Crippen molar-refractivity contribution < 1.29 is 13.9 Å². The summed E-state index contributed by atoms with van der Waals surface area (Å²) in [5, 5.41) is 0. The first-order chi connectivity index (χ1) is 5.84. The summed E-state index contributed by atoms with van der Waals surface area (Å²) in [4.78, 5) is 11.2. The first-order valence-corrected chi connectivity index (χ1v) is 3.68. The van der Waals surface area contributed by atoms with E-state index in [9.17, 15) is 4.79 Å². The molecule has 0 aromatic carbocycles. The molecule has 0 amide bonds. The Labute approximate surface area is 70.3 Å². The van der Waals surface area contributed by atoms with Crippen molar-refractivity contribution in [3.8, 4) is 0 Å². The van der Waals surface area contributed by atoms with Crippen LogP contribution in [-0.4, -0.2) is 25.5 Å². The van der Waals surface area contributed by atoms with Gasteiger partial charge in [-0.05, 0) is 6.07 Å². The molecular formula is C8H11NO3. The molecule has 1 aromatic rings. The monoisotopic (exact) mass is 169 g/mol. The highest BCUT2D eigenvalue weighted by Gasteiger charge is 2.05. The van der Waals surface area contributed by atoms with Crippen molar-refractivity contribution in [1.29, 1.82) is 0 Å². The summed E-state index contributed by atoms with van der Waals surface area (Å²) < 4.78 is 9.69. The quantitative estimate of drug-likeness (QED) is 0.513. The molecule has 0 aliphatic heterocycles. The Hall–Kier alpha value is -1.13. The molecule has 4 heteroatoms. The maximum Gasteiger partial charge on any atom is 0.191 e. The molecule has 0 fully saturated rings. The zero-order chi connectivity index (χ0) is 8.81. The van der Waals surface area contributed by atoms with E-state index in [1.165, 1.54) is 12.5 Å². The van der Waals surface area contributed by atoms with Crippen molar-refractivity contribution in [3.63, 3.8) is 0 Å². The number of rotatable bonds is 5. The second-order valence-electron chi connectivity index (χ2n) is 2.28. The number of ether oxygens (including phenoxy) is 1. The van der Waals surface area contributed by atoms with E-state index in [2.05, 4.69) is 0 Å². The SMILES string of the molecule is NCCOCC(=O)c1ccoc1. The maximum absolute atomic E-state index is 11.2. The summed E-state index contributed by atoms with van der Waals surface area (Å²) >= 11 is 0. The van der Waals surface area contributed by atoms with Gasteiger partial charge in [0.25, 0.3) is 0 Å². The van der Waals surface area contributed by atoms with Crippen molar-refractivity contribution in [2.45, 2.75) is 0 Å². The number of carbonyl (C=O) groups excluding carboxylic acids is 1. The highest BCUT2D eigenvalue weighted by Crippen LogP contribution is 2.00. The minimum atomic E-state index is -0.0859.